The van der Waals surface area contributed by atoms with E-state index in [4.69, 9.17) is 28.4 Å². The summed E-state index contributed by atoms with van der Waals surface area (Å²) in [5.74, 6) is 0.706. The number of benzene rings is 1. The fraction of sp³-hybridized carbons (Fsp3) is 0.100. The molecule has 0 aliphatic carbocycles. The van der Waals surface area contributed by atoms with Crippen LogP contribution < -0.4 is 0 Å². The molecule has 0 radical (unpaired) electrons. The van der Waals surface area contributed by atoms with Crippen LogP contribution in [0.1, 0.15) is 5.56 Å². The molecule has 0 saturated carbocycles. The van der Waals surface area contributed by atoms with Crippen LogP contribution in [0.4, 0.5) is 0 Å². The molecule has 1 N–H and O–H groups in total. The molecule has 0 saturated heterocycles. The Morgan fingerprint density at radius 3 is 2.93 bits per heavy atom. The van der Waals surface area contributed by atoms with Crippen LogP contribution >= 0.6 is 35.0 Å². The lowest BCUT2D eigenvalue weighted by Crippen LogP contribution is -2.00. The summed E-state index contributed by atoms with van der Waals surface area (Å²) >= 11 is 13.7. The number of hydrogen-bond acceptors (Lipinski definition) is 3. The zero-order valence-electron chi connectivity index (χ0n) is 7.58. The fourth-order valence-electron chi connectivity index (χ4n) is 1.36. The molecule has 15 heavy (non-hydrogen) atoms. The van der Waals surface area contributed by atoms with Crippen LogP contribution in [0.25, 0.3) is 5.03 Å². The topological polar surface area (TPSA) is 32.6 Å². The Labute approximate surface area is 102 Å². The van der Waals surface area contributed by atoms with E-state index in [1.54, 1.807) is 11.8 Å². The average Bonchev–Trinajstić information content (AvgIpc) is 2.23. The summed E-state index contributed by atoms with van der Waals surface area (Å²) in [5.41, 5.74) is 1.70. The van der Waals surface area contributed by atoms with Gasteiger partial charge in [-0.15, -0.1) is 11.8 Å². The summed E-state index contributed by atoms with van der Waals surface area (Å²) < 4.78 is 0. The van der Waals surface area contributed by atoms with Gasteiger partial charge in [-0.05, 0) is 18.2 Å². The summed E-state index contributed by atoms with van der Waals surface area (Å²) in [6.07, 6.45) is 1.36. The van der Waals surface area contributed by atoms with Gasteiger partial charge in [-0.25, -0.2) is 0 Å². The maximum atomic E-state index is 8.48. The third-order valence-corrected chi connectivity index (χ3v) is 3.86. The highest BCUT2D eigenvalue weighted by Gasteiger charge is 2.17. The molecule has 0 amide bonds. The van der Waals surface area contributed by atoms with E-state index < -0.39 is 0 Å². The minimum atomic E-state index is 0.601. The molecule has 1 heterocycles. The minimum absolute atomic E-state index is 0.601. The smallest absolute Gasteiger partial charge is 0.0717 e. The zero-order chi connectivity index (χ0) is 10.8. The third-order valence-electron chi connectivity index (χ3n) is 2.06. The summed E-state index contributed by atoms with van der Waals surface area (Å²) in [4.78, 5) is 1.10. The maximum Gasteiger partial charge on any atom is 0.0717 e. The van der Waals surface area contributed by atoms with Gasteiger partial charge >= 0.3 is 0 Å². The molecule has 1 aliphatic heterocycles. The van der Waals surface area contributed by atoms with Gasteiger partial charge in [0.25, 0.3) is 0 Å². The molecule has 5 heteroatoms. The molecule has 78 valence electrons. The first kappa shape index (κ1) is 10.9. The fourth-order valence-corrected chi connectivity index (χ4v) is 2.95. The van der Waals surface area contributed by atoms with Crippen molar-refractivity contribution in [3.8, 4) is 0 Å². The lowest BCUT2D eigenvalue weighted by Gasteiger charge is -2.16. The van der Waals surface area contributed by atoms with Gasteiger partial charge in [0.1, 0.15) is 0 Å². The van der Waals surface area contributed by atoms with Crippen molar-refractivity contribution in [2.24, 2.45) is 5.16 Å². The van der Waals surface area contributed by atoms with Crippen molar-refractivity contribution < 1.29 is 5.21 Å². The number of oxime groups is 1. The Kier molecular flexibility index (Phi) is 3.24. The van der Waals surface area contributed by atoms with Crippen molar-refractivity contribution in [1.29, 1.82) is 0 Å². The van der Waals surface area contributed by atoms with Crippen LogP contribution in [0.3, 0.4) is 0 Å². The molecule has 0 fully saturated rings. The Morgan fingerprint density at radius 2 is 2.20 bits per heavy atom. The molecule has 0 spiro atoms. The molecule has 0 aromatic heterocycles. The number of halogens is 2. The van der Waals surface area contributed by atoms with Gasteiger partial charge in [-0.3, -0.25) is 0 Å². The SMILES string of the molecule is O/N=C\C1=C(Cl)c2cc(Cl)ccc2SC1. The van der Waals surface area contributed by atoms with Crippen LogP contribution in [-0.2, 0) is 0 Å². The summed E-state index contributed by atoms with van der Waals surface area (Å²) in [5, 5.41) is 12.7. The van der Waals surface area contributed by atoms with E-state index in [0.717, 1.165) is 16.0 Å². The number of hydrogen-bond donors (Lipinski definition) is 1. The van der Waals surface area contributed by atoms with Gasteiger partial charge < -0.3 is 5.21 Å². The zero-order valence-corrected chi connectivity index (χ0v) is 9.90. The number of rotatable bonds is 1. The van der Waals surface area contributed by atoms with Gasteiger partial charge in [0.15, 0.2) is 0 Å². The van der Waals surface area contributed by atoms with E-state index in [-0.39, 0.29) is 0 Å². The first-order valence-electron chi connectivity index (χ1n) is 4.21. The van der Waals surface area contributed by atoms with Gasteiger partial charge in [0, 0.05) is 26.8 Å². The molecule has 0 atom stereocenters. The Balaban J connectivity index is 2.54. The van der Waals surface area contributed by atoms with Gasteiger partial charge in [0.2, 0.25) is 0 Å². The second kappa shape index (κ2) is 4.47. The van der Waals surface area contributed by atoms with Gasteiger partial charge in [-0.2, -0.15) is 0 Å². The van der Waals surface area contributed by atoms with Crippen LogP contribution in [-0.4, -0.2) is 17.2 Å². The summed E-state index contributed by atoms with van der Waals surface area (Å²) in [6.45, 7) is 0. The molecule has 0 bridgehead atoms. The molecule has 2 rings (SSSR count). The van der Waals surface area contributed by atoms with Crippen LogP contribution in [0.2, 0.25) is 5.02 Å². The third kappa shape index (κ3) is 2.14. The molecular weight excluding hydrogens is 253 g/mol. The molecule has 1 aromatic carbocycles. The highest BCUT2D eigenvalue weighted by atomic mass is 35.5. The normalized spacial score (nSPS) is 15.9. The van der Waals surface area contributed by atoms with Crippen LogP contribution in [0.5, 0.6) is 0 Å². The van der Waals surface area contributed by atoms with Gasteiger partial charge in [0.05, 0.1) is 11.2 Å². The van der Waals surface area contributed by atoms with E-state index >= 15 is 0 Å². The lowest BCUT2D eigenvalue weighted by atomic mass is 10.1. The van der Waals surface area contributed by atoms with Crippen molar-refractivity contribution in [1.82, 2.24) is 0 Å². The highest BCUT2D eigenvalue weighted by Crippen LogP contribution is 2.39. The first-order chi connectivity index (χ1) is 7.22. The molecule has 1 aromatic rings. The van der Waals surface area contributed by atoms with Crippen molar-refractivity contribution in [2.75, 3.05) is 5.75 Å². The molecule has 0 unspecified atom stereocenters. The van der Waals surface area contributed by atoms with E-state index in [1.165, 1.54) is 6.21 Å². The van der Waals surface area contributed by atoms with E-state index in [1.807, 2.05) is 18.2 Å². The van der Waals surface area contributed by atoms with Crippen molar-refractivity contribution in [3.63, 3.8) is 0 Å². The van der Waals surface area contributed by atoms with Crippen LogP contribution in [0.15, 0.2) is 33.8 Å². The largest absolute Gasteiger partial charge is 0.411 e. The molecular formula is C10H7Cl2NOS. The second-order valence-electron chi connectivity index (χ2n) is 3.01. The van der Waals surface area contributed by atoms with E-state index in [9.17, 15) is 0 Å². The number of nitrogens with zero attached hydrogens (tertiary/aromatic N) is 1. The second-order valence-corrected chi connectivity index (χ2v) is 4.84. The number of fused-ring (bicyclic) bond motifs is 1. The Bertz CT molecular complexity index is 457. The number of thioether (sulfide) groups is 1. The van der Waals surface area contributed by atoms with E-state index in [2.05, 4.69) is 5.16 Å². The minimum Gasteiger partial charge on any atom is -0.411 e. The quantitative estimate of drug-likeness (QED) is 0.472. The average molecular weight is 260 g/mol. The van der Waals surface area contributed by atoms with Crippen LogP contribution in [0, 0.1) is 0 Å². The van der Waals surface area contributed by atoms with Crippen molar-refractivity contribution in [3.05, 3.63) is 34.4 Å². The van der Waals surface area contributed by atoms with Crippen molar-refractivity contribution >= 4 is 46.2 Å². The molecule has 2 nitrogen and oxygen atoms in total. The highest BCUT2D eigenvalue weighted by molar-refractivity contribution is 7.99. The lowest BCUT2D eigenvalue weighted by molar-refractivity contribution is 0.322. The summed E-state index contributed by atoms with van der Waals surface area (Å²) in [6, 6.07) is 5.59. The Morgan fingerprint density at radius 1 is 1.40 bits per heavy atom. The van der Waals surface area contributed by atoms with E-state index in [0.29, 0.717) is 15.8 Å². The van der Waals surface area contributed by atoms with Crippen molar-refractivity contribution in [2.45, 2.75) is 4.90 Å². The Hall–Kier alpha value is -0.640. The predicted molar refractivity (Wildman–Crippen MR) is 65.2 cm³/mol. The first-order valence-corrected chi connectivity index (χ1v) is 5.95. The van der Waals surface area contributed by atoms with Gasteiger partial charge in [-0.1, -0.05) is 28.4 Å². The predicted octanol–water partition coefficient (Wildman–Crippen LogP) is 3.86. The monoisotopic (exact) mass is 259 g/mol. The maximum absolute atomic E-state index is 8.48. The standard InChI is InChI=1S/C10H7Cl2NOS/c11-7-1-2-9-8(3-7)10(12)6(4-13-14)5-15-9/h1-4,14H,5H2/b13-4-. The summed E-state index contributed by atoms with van der Waals surface area (Å²) in [7, 11) is 0. The molecule has 1 aliphatic rings.